The molecule has 0 saturated heterocycles. The van der Waals surface area contributed by atoms with E-state index in [0.717, 1.165) is 22.4 Å². The van der Waals surface area contributed by atoms with Gasteiger partial charge in [0.25, 0.3) is 5.91 Å². The molecule has 2 amide bonds. The largest absolute Gasteiger partial charge is 0.493 e. The predicted octanol–water partition coefficient (Wildman–Crippen LogP) is 3.88. The third-order valence-electron chi connectivity index (χ3n) is 6.45. The van der Waals surface area contributed by atoms with Gasteiger partial charge in [0, 0.05) is 17.8 Å². The molecule has 2 aromatic carbocycles. The number of carbonyl (C=O) groups is 2. The molecule has 7 nitrogen and oxygen atoms in total. The summed E-state index contributed by atoms with van der Waals surface area (Å²) in [4.78, 5) is 33.4. The molecule has 2 aliphatic rings. The van der Waals surface area contributed by atoms with E-state index in [4.69, 9.17) is 9.47 Å². The minimum Gasteiger partial charge on any atom is -0.493 e. The highest BCUT2D eigenvalue weighted by Gasteiger charge is 2.46. The van der Waals surface area contributed by atoms with E-state index in [2.05, 4.69) is 10.3 Å². The van der Waals surface area contributed by atoms with Crippen molar-refractivity contribution in [3.63, 3.8) is 0 Å². The Bertz CT molecular complexity index is 1260. The fourth-order valence-corrected chi connectivity index (χ4v) is 4.95. The number of nitrogens with zero attached hydrogens (tertiary/aromatic N) is 2. The highest BCUT2D eigenvalue weighted by atomic mass is 16.5. The average Bonchev–Trinajstić information content (AvgIpc) is 2.83. The molecule has 7 heteroatoms. The van der Waals surface area contributed by atoms with E-state index in [-0.39, 0.29) is 11.8 Å². The highest BCUT2D eigenvalue weighted by molar-refractivity contribution is 6.04. The Kier molecular flexibility index (Phi) is 5.24. The second-order valence-corrected chi connectivity index (χ2v) is 8.32. The number of fused-ring (bicyclic) bond motifs is 4. The molecule has 2 atom stereocenters. The second kappa shape index (κ2) is 8.24. The lowest BCUT2D eigenvalue weighted by Gasteiger charge is -2.45. The van der Waals surface area contributed by atoms with Crippen LogP contribution in [-0.4, -0.2) is 42.5 Å². The fraction of sp³-hybridized carbons (Fsp3) is 0.269. The third kappa shape index (κ3) is 3.50. The molecule has 5 rings (SSSR count). The van der Waals surface area contributed by atoms with Crippen molar-refractivity contribution in [2.24, 2.45) is 0 Å². The minimum atomic E-state index is -0.599. The van der Waals surface area contributed by atoms with Crippen LogP contribution in [0.3, 0.4) is 0 Å². The third-order valence-corrected chi connectivity index (χ3v) is 6.45. The second-order valence-electron chi connectivity index (χ2n) is 8.32. The first kappa shape index (κ1) is 21.0. The molecular weight excluding hydrogens is 418 g/mol. The first-order valence-corrected chi connectivity index (χ1v) is 10.9. The minimum absolute atomic E-state index is 0.0613. The zero-order valence-corrected chi connectivity index (χ0v) is 18.8. The number of nitrogens with one attached hydrogen (secondary N) is 1. The van der Waals surface area contributed by atoms with Gasteiger partial charge in [-0.2, -0.15) is 0 Å². The molecule has 0 bridgehead atoms. The van der Waals surface area contributed by atoms with Crippen molar-refractivity contribution in [3.8, 4) is 11.5 Å². The molecule has 0 aliphatic carbocycles. The van der Waals surface area contributed by atoms with Crippen molar-refractivity contribution in [1.29, 1.82) is 0 Å². The van der Waals surface area contributed by atoms with E-state index < -0.39 is 12.0 Å². The number of aryl methyl sites for hydroxylation is 1. The van der Waals surface area contributed by atoms with Gasteiger partial charge >= 0.3 is 0 Å². The Labute approximate surface area is 192 Å². The number of rotatable bonds is 4. The molecule has 168 valence electrons. The highest BCUT2D eigenvalue weighted by Crippen LogP contribution is 2.48. The molecule has 2 unspecified atom stereocenters. The van der Waals surface area contributed by atoms with Crippen LogP contribution >= 0.6 is 0 Å². The number of amides is 2. The van der Waals surface area contributed by atoms with E-state index in [1.165, 1.54) is 0 Å². The standard InChI is InChI=1S/C26H25N3O4/c1-15-7-6-10-22(27-15)28-25(30)23-17-8-4-5-9-18(17)26(31)29-12-11-16-13-20(32-2)21(33-3)14-19(16)24(23)29/h4-10,13-14,23-24H,11-12H2,1-3H3,(H,27,28,30). The van der Waals surface area contributed by atoms with Gasteiger partial charge in [0.1, 0.15) is 5.82 Å². The van der Waals surface area contributed by atoms with Gasteiger partial charge in [0.05, 0.1) is 26.2 Å². The topological polar surface area (TPSA) is 80.8 Å². The van der Waals surface area contributed by atoms with E-state index in [0.29, 0.717) is 35.8 Å². The quantitative estimate of drug-likeness (QED) is 0.662. The van der Waals surface area contributed by atoms with Crippen LogP contribution < -0.4 is 14.8 Å². The Balaban J connectivity index is 1.65. The predicted molar refractivity (Wildman–Crippen MR) is 124 cm³/mol. The van der Waals surface area contributed by atoms with E-state index in [1.54, 1.807) is 26.4 Å². The van der Waals surface area contributed by atoms with Gasteiger partial charge < -0.3 is 19.7 Å². The monoisotopic (exact) mass is 443 g/mol. The van der Waals surface area contributed by atoms with Gasteiger partial charge in [-0.05, 0) is 60.4 Å². The van der Waals surface area contributed by atoms with Gasteiger partial charge in [-0.3, -0.25) is 9.59 Å². The van der Waals surface area contributed by atoms with Gasteiger partial charge in [0.2, 0.25) is 5.91 Å². The van der Waals surface area contributed by atoms with Crippen LogP contribution in [0.1, 0.15) is 44.7 Å². The summed E-state index contributed by atoms with van der Waals surface area (Å²) in [5, 5.41) is 2.98. The van der Waals surface area contributed by atoms with Crippen molar-refractivity contribution in [2.45, 2.75) is 25.3 Å². The van der Waals surface area contributed by atoms with Gasteiger partial charge in [-0.15, -0.1) is 0 Å². The Morgan fingerprint density at radius 2 is 1.79 bits per heavy atom. The van der Waals surface area contributed by atoms with E-state index in [1.807, 2.05) is 54.3 Å². The number of pyridine rings is 1. The zero-order chi connectivity index (χ0) is 23.1. The molecule has 2 aliphatic heterocycles. The molecule has 3 aromatic rings. The number of methoxy groups -OCH3 is 2. The first-order chi connectivity index (χ1) is 16.0. The molecular formula is C26H25N3O4. The number of hydrogen-bond donors (Lipinski definition) is 1. The Morgan fingerprint density at radius 1 is 1.03 bits per heavy atom. The van der Waals surface area contributed by atoms with Crippen LogP contribution in [0.4, 0.5) is 5.82 Å². The summed E-state index contributed by atoms with van der Waals surface area (Å²) in [7, 11) is 3.19. The number of aromatic nitrogens is 1. The zero-order valence-electron chi connectivity index (χ0n) is 18.8. The van der Waals surface area contributed by atoms with Crippen LogP contribution in [0.15, 0.2) is 54.6 Å². The van der Waals surface area contributed by atoms with Crippen LogP contribution in [0.2, 0.25) is 0 Å². The number of anilines is 1. The number of carbonyl (C=O) groups excluding carboxylic acids is 2. The van der Waals surface area contributed by atoms with Gasteiger partial charge in [0.15, 0.2) is 11.5 Å². The summed E-state index contributed by atoms with van der Waals surface area (Å²) in [6.07, 6.45) is 0.674. The summed E-state index contributed by atoms with van der Waals surface area (Å²) in [6.45, 7) is 2.40. The SMILES string of the molecule is COc1cc2c(cc1OC)C1C(C(=O)Nc3cccc(C)n3)c3ccccc3C(=O)N1CC2. The van der Waals surface area contributed by atoms with Crippen molar-refractivity contribution in [3.05, 3.63) is 82.5 Å². The summed E-state index contributed by atoms with van der Waals surface area (Å²) in [5.74, 6) is 0.836. The summed E-state index contributed by atoms with van der Waals surface area (Å²) in [6, 6.07) is 16.3. The smallest absolute Gasteiger partial charge is 0.254 e. The molecule has 0 saturated carbocycles. The maximum absolute atomic E-state index is 13.7. The molecule has 1 aromatic heterocycles. The first-order valence-electron chi connectivity index (χ1n) is 10.9. The molecule has 0 radical (unpaired) electrons. The van der Waals surface area contributed by atoms with Crippen LogP contribution in [0.5, 0.6) is 11.5 Å². The summed E-state index contributed by atoms with van der Waals surface area (Å²) < 4.78 is 11.0. The normalized spacial score (nSPS) is 18.6. The van der Waals surface area contributed by atoms with E-state index >= 15 is 0 Å². The van der Waals surface area contributed by atoms with Crippen molar-refractivity contribution < 1.29 is 19.1 Å². The molecule has 0 fully saturated rings. The summed E-state index contributed by atoms with van der Waals surface area (Å²) >= 11 is 0. The molecule has 3 heterocycles. The van der Waals surface area contributed by atoms with Crippen LogP contribution in [-0.2, 0) is 11.2 Å². The maximum Gasteiger partial charge on any atom is 0.254 e. The number of ether oxygens (including phenoxy) is 2. The van der Waals surface area contributed by atoms with Crippen molar-refractivity contribution >= 4 is 17.6 Å². The Morgan fingerprint density at radius 3 is 2.55 bits per heavy atom. The molecule has 33 heavy (non-hydrogen) atoms. The van der Waals surface area contributed by atoms with Gasteiger partial charge in [-0.1, -0.05) is 24.3 Å². The van der Waals surface area contributed by atoms with Crippen molar-refractivity contribution in [2.75, 3.05) is 26.1 Å². The average molecular weight is 444 g/mol. The van der Waals surface area contributed by atoms with Crippen LogP contribution in [0, 0.1) is 6.92 Å². The fourth-order valence-electron chi connectivity index (χ4n) is 4.95. The number of hydrogen-bond acceptors (Lipinski definition) is 5. The molecule has 1 N–H and O–H groups in total. The van der Waals surface area contributed by atoms with Crippen LogP contribution in [0.25, 0.3) is 0 Å². The van der Waals surface area contributed by atoms with Crippen molar-refractivity contribution in [1.82, 2.24) is 9.88 Å². The lowest BCUT2D eigenvalue weighted by molar-refractivity contribution is -0.119. The van der Waals surface area contributed by atoms with E-state index in [9.17, 15) is 9.59 Å². The lowest BCUT2D eigenvalue weighted by atomic mass is 9.75. The van der Waals surface area contributed by atoms with Gasteiger partial charge in [-0.25, -0.2) is 4.98 Å². The number of benzene rings is 2. The lowest BCUT2D eigenvalue weighted by Crippen LogP contribution is -2.49. The molecule has 0 spiro atoms. The summed E-state index contributed by atoms with van der Waals surface area (Å²) in [5.41, 5.74) is 4.05. The Hall–Kier alpha value is -3.87. The maximum atomic E-state index is 13.7.